The van der Waals surface area contributed by atoms with Crippen molar-refractivity contribution in [1.29, 1.82) is 0 Å². The summed E-state index contributed by atoms with van der Waals surface area (Å²) in [6, 6.07) is 4.66. The van der Waals surface area contributed by atoms with Crippen LogP contribution < -0.4 is 10.6 Å². The molecule has 2 N–H and O–H groups in total. The van der Waals surface area contributed by atoms with E-state index in [4.69, 9.17) is 23.2 Å². The SMILES string of the molecule is CCn1c(SCC(=O)N[C@@H]2CCCC[C@@H]2C)nnc1[C@@H](NC(=O)c1ccc(Cl)cc1Cl)C(C)C. The summed E-state index contributed by atoms with van der Waals surface area (Å²) in [6.45, 7) is 8.83. The minimum absolute atomic E-state index is 0.0158. The van der Waals surface area contributed by atoms with Crippen molar-refractivity contribution in [1.82, 2.24) is 25.4 Å². The second-order valence-electron chi connectivity index (χ2n) is 9.13. The number of hydrogen-bond donors (Lipinski definition) is 2. The van der Waals surface area contributed by atoms with Gasteiger partial charge in [0.2, 0.25) is 5.91 Å². The van der Waals surface area contributed by atoms with Gasteiger partial charge in [-0.2, -0.15) is 0 Å². The van der Waals surface area contributed by atoms with Gasteiger partial charge in [-0.1, -0.05) is 68.6 Å². The molecule has 0 unspecified atom stereocenters. The van der Waals surface area contributed by atoms with Crippen molar-refractivity contribution in [2.75, 3.05) is 5.75 Å². The Bertz CT molecular complexity index is 1010. The molecule has 3 atom stereocenters. The van der Waals surface area contributed by atoms with Gasteiger partial charge in [-0.3, -0.25) is 9.59 Å². The molecule has 186 valence electrons. The Morgan fingerprint density at radius 1 is 1.21 bits per heavy atom. The molecule has 1 aliphatic rings. The fourth-order valence-corrected chi connectivity index (χ4v) is 5.58. The number of thioether (sulfide) groups is 1. The van der Waals surface area contributed by atoms with Crippen LogP contribution in [0.4, 0.5) is 0 Å². The van der Waals surface area contributed by atoms with Crippen LogP contribution in [0.25, 0.3) is 0 Å². The molecule has 1 fully saturated rings. The predicted octanol–water partition coefficient (Wildman–Crippen LogP) is 5.52. The number of aromatic nitrogens is 3. The zero-order chi connectivity index (χ0) is 24.8. The van der Waals surface area contributed by atoms with Gasteiger partial charge in [-0.05, 0) is 49.8 Å². The molecule has 2 amide bonds. The molecule has 0 saturated heterocycles. The lowest BCUT2D eigenvalue weighted by Crippen LogP contribution is -2.41. The zero-order valence-corrected chi connectivity index (χ0v) is 22.4. The third-order valence-corrected chi connectivity index (χ3v) is 7.77. The number of amides is 2. The van der Waals surface area contributed by atoms with Crippen LogP contribution in [0.15, 0.2) is 23.4 Å². The van der Waals surface area contributed by atoms with Crippen molar-refractivity contribution in [2.45, 2.75) is 77.2 Å². The molecule has 1 aromatic heterocycles. The van der Waals surface area contributed by atoms with Crippen LogP contribution in [0, 0.1) is 11.8 Å². The second kappa shape index (κ2) is 12.3. The summed E-state index contributed by atoms with van der Waals surface area (Å²) < 4.78 is 1.95. The highest BCUT2D eigenvalue weighted by Gasteiger charge is 2.27. The van der Waals surface area contributed by atoms with Crippen molar-refractivity contribution in [3.05, 3.63) is 39.6 Å². The number of nitrogens with one attached hydrogen (secondary N) is 2. The molecule has 7 nitrogen and oxygen atoms in total. The minimum Gasteiger partial charge on any atom is -0.352 e. The Kier molecular flexibility index (Phi) is 9.68. The molecular weight excluding hydrogens is 493 g/mol. The molecule has 0 bridgehead atoms. The summed E-state index contributed by atoms with van der Waals surface area (Å²) in [7, 11) is 0. The molecule has 2 aromatic rings. The van der Waals surface area contributed by atoms with Crippen LogP contribution in [0.2, 0.25) is 10.0 Å². The van der Waals surface area contributed by atoms with Crippen LogP contribution in [-0.4, -0.2) is 38.4 Å². The highest BCUT2D eigenvalue weighted by molar-refractivity contribution is 7.99. The molecule has 10 heteroatoms. The Hall–Kier alpha value is -1.77. The molecule has 1 saturated carbocycles. The smallest absolute Gasteiger partial charge is 0.253 e. The third kappa shape index (κ3) is 6.67. The average Bonchev–Trinajstić information content (AvgIpc) is 3.19. The summed E-state index contributed by atoms with van der Waals surface area (Å²) in [4.78, 5) is 25.5. The van der Waals surface area contributed by atoms with E-state index in [-0.39, 0.29) is 35.6 Å². The zero-order valence-electron chi connectivity index (χ0n) is 20.1. The van der Waals surface area contributed by atoms with Crippen molar-refractivity contribution < 1.29 is 9.59 Å². The van der Waals surface area contributed by atoms with Crippen molar-refractivity contribution in [2.24, 2.45) is 11.8 Å². The summed E-state index contributed by atoms with van der Waals surface area (Å²) >= 11 is 13.6. The number of rotatable bonds is 9. The Morgan fingerprint density at radius 2 is 1.94 bits per heavy atom. The lowest BCUT2D eigenvalue weighted by atomic mass is 9.86. The largest absolute Gasteiger partial charge is 0.352 e. The monoisotopic (exact) mass is 525 g/mol. The van der Waals surface area contributed by atoms with Gasteiger partial charge in [-0.15, -0.1) is 10.2 Å². The summed E-state index contributed by atoms with van der Waals surface area (Å²) in [6.07, 6.45) is 4.61. The van der Waals surface area contributed by atoms with E-state index in [0.717, 1.165) is 12.8 Å². The predicted molar refractivity (Wildman–Crippen MR) is 137 cm³/mol. The van der Waals surface area contributed by atoms with Crippen LogP contribution >= 0.6 is 35.0 Å². The Balaban J connectivity index is 1.69. The maximum absolute atomic E-state index is 12.9. The van der Waals surface area contributed by atoms with E-state index in [1.54, 1.807) is 18.2 Å². The maximum atomic E-state index is 12.9. The van der Waals surface area contributed by atoms with Crippen molar-refractivity contribution >= 4 is 46.8 Å². The fourth-order valence-electron chi connectivity index (χ4n) is 4.27. The molecule has 0 spiro atoms. The van der Waals surface area contributed by atoms with E-state index in [1.165, 1.54) is 24.6 Å². The van der Waals surface area contributed by atoms with Crippen molar-refractivity contribution in [3.63, 3.8) is 0 Å². The van der Waals surface area contributed by atoms with Gasteiger partial charge in [-0.25, -0.2) is 0 Å². The number of halogens is 2. The lowest BCUT2D eigenvalue weighted by Gasteiger charge is -2.29. The average molecular weight is 527 g/mol. The Labute approximate surface area is 215 Å². The topological polar surface area (TPSA) is 88.9 Å². The highest BCUT2D eigenvalue weighted by atomic mass is 35.5. The van der Waals surface area contributed by atoms with Gasteiger partial charge in [0, 0.05) is 17.6 Å². The van der Waals surface area contributed by atoms with Crippen LogP contribution in [0.5, 0.6) is 0 Å². The summed E-state index contributed by atoms with van der Waals surface area (Å²) in [5, 5.41) is 16.4. The van der Waals surface area contributed by atoms with Gasteiger partial charge in [0.1, 0.15) is 0 Å². The lowest BCUT2D eigenvalue weighted by molar-refractivity contribution is -0.119. The Morgan fingerprint density at radius 3 is 2.59 bits per heavy atom. The van der Waals surface area contributed by atoms with Crippen LogP contribution in [-0.2, 0) is 11.3 Å². The van der Waals surface area contributed by atoms with E-state index in [9.17, 15) is 9.59 Å². The summed E-state index contributed by atoms with van der Waals surface area (Å²) in [5.74, 6) is 1.21. The number of benzene rings is 1. The minimum atomic E-state index is -0.377. The van der Waals surface area contributed by atoms with Gasteiger partial charge < -0.3 is 15.2 Å². The van der Waals surface area contributed by atoms with E-state index >= 15 is 0 Å². The first-order chi connectivity index (χ1) is 16.2. The molecule has 0 aliphatic heterocycles. The van der Waals surface area contributed by atoms with Gasteiger partial charge in [0.05, 0.1) is 22.4 Å². The van der Waals surface area contributed by atoms with Gasteiger partial charge >= 0.3 is 0 Å². The molecular formula is C24H33Cl2N5O2S. The molecule has 1 aliphatic carbocycles. The van der Waals surface area contributed by atoms with E-state index in [0.29, 0.717) is 39.1 Å². The molecule has 0 radical (unpaired) electrons. The van der Waals surface area contributed by atoms with E-state index < -0.39 is 0 Å². The number of nitrogens with zero attached hydrogens (tertiary/aromatic N) is 3. The first kappa shape index (κ1) is 26.8. The number of carbonyl (C=O) groups excluding carboxylic acids is 2. The molecule has 34 heavy (non-hydrogen) atoms. The van der Waals surface area contributed by atoms with Gasteiger partial charge in [0.15, 0.2) is 11.0 Å². The van der Waals surface area contributed by atoms with Crippen LogP contribution in [0.3, 0.4) is 0 Å². The first-order valence-electron chi connectivity index (χ1n) is 11.8. The maximum Gasteiger partial charge on any atom is 0.253 e. The highest BCUT2D eigenvalue weighted by Crippen LogP contribution is 2.28. The van der Waals surface area contributed by atoms with Crippen molar-refractivity contribution in [3.8, 4) is 0 Å². The van der Waals surface area contributed by atoms with Gasteiger partial charge in [0.25, 0.3) is 5.91 Å². The van der Waals surface area contributed by atoms with E-state index in [1.807, 2.05) is 25.3 Å². The molecule has 3 rings (SSSR count). The quantitative estimate of drug-likeness (QED) is 0.420. The molecule has 1 aromatic carbocycles. The third-order valence-electron chi connectivity index (χ3n) is 6.26. The van der Waals surface area contributed by atoms with Crippen LogP contribution in [0.1, 0.15) is 75.6 Å². The number of carbonyl (C=O) groups is 2. The fraction of sp³-hybridized carbons (Fsp3) is 0.583. The normalized spacial score (nSPS) is 19.1. The summed E-state index contributed by atoms with van der Waals surface area (Å²) in [5.41, 5.74) is 0.350. The number of hydrogen-bond acceptors (Lipinski definition) is 5. The van der Waals surface area contributed by atoms with E-state index in [2.05, 4.69) is 27.8 Å². The standard InChI is InChI=1S/C24H33Cl2N5O2S/c1-5-31-22(21(14(2)3)28-23(33)17-11-10-16(25)12-18(17)26)29-30-24(31)34-13-20(32)27-19-9-7-6-8-15(19)4/h10-12,14-15,19,21H,5-9,13H2,1-4H3,(H,27,32)(H,28,33)/t15-,19+,21-/m0/s1. The molecule has 1 heterocycles. The first-order valence-corrected chi connectivity index (χ1v) is 13.6. The second-order valence-corrected chi connectivity index (χ2v) is 10.9.